The molecule has 1 nitrogen and oxygen atoms in total. The number of halogens is 3. The Morgan fingerprint density at radius 2 is 1.74 bits per heavy atom. The van der Waals surface area contributed by atoms with Gasteiger partial charge in [0.05, 0.1) is 0 Å². The first-order valence-electron chi connectivity index (χ1n) is 5.99. The number of hydrogen-bond acceptors (Lipinski definition) is 1. The molecule has 1 unspecified atom stereocenters. The van der Waals surface area contributed by atoms with Gasteiger partial charge in [-0.15, -0.1) is 0 Å². The third-order valence-electron chi connectivity index (χ3n) is 2.98. The Kier molecular flexibility index (Phi) is 5.12. The molecule has 100 valence electrons. The van der Waals surface area contributed by atoms with E-state index in [-0.39, 0.29) is 6.04 Å². The zero-order chi connectivity index (χ0) is 13.8. The van der Waals surface area contributed by atoms with Crippen molar-refractivity contribution in [3.05, 3.63) is 68.7 Å². The Bertz CT molecular complexity index is 569. The molecule has 0 spiro atoms. The fourth-order valence-corrected chi connectivity index (χ4v) is 2.56. The summed E-state index contributed by atoms with van der Waals surface area (Å²) in [4.78, 5) is 0. The van der Waals surface area contributed by atoms with E-state index in [1.807, 2.05) is 30.3 Å². The van der Waals surface area contributed by atoms with Crippen molar-refractivity contribution in [3.63, 3.8) is 0 Å². The highest BCUT2D eigenvalue weighted by atomic mass is 35.5. The Morgan fingerprint density at radius 1 is 1.00 bits per heavy atom. The fourth-order valence-electron chi connectivity index (χ4n) is 1.88. The highest BCUT2D eigenvalue weighted by Gasteiger charge is 2.09. The van der Waals surface area contributed by atoms with E-state index in [9.17, 15) is 0 Å². The molecule has 4 heteroatoms. The first-order valence-corrected chi connectivity index (χ1v) is 7.13. The molecule has 0 aromatic heterocycles. The predicted molar refractivity (Wildman–Crippen MR) is 83.2 cm³/mol. The van der Waals surface area contributed by atoms with Gasteiger partial charge in [0.2, 0.25) is 0 Å². The van der Waals surface area contributed by atoms with Crippen LogP contribution in [0.3, 0.4) is 0 Å². The molecule has 0 saturated heterocycles. The minimum absolute atomic E-state index is 0.142. The van der Waals surface area contributed by atoms with Crippen LogP contribution in [-0.4, -0.2) is 0 Å². The van der Waals surface area contributed by atoms with Crippen molar-refractivity contribution in [2.24, 2.45) is 0 Å². The predicted octanol–water partition coefficient (Wildman–Crippen LogP) is 5.50. The van der Waals surface area contributed by atoms with Gasteiger partial charge in [-0.1, -0.05) is 53.0 Å². The minimum atomic E-state index is 0.142. The molecule has 0 bridgehead atoms. The number of hydrogen-bond donors (Lipinski definition) is 1. The Balaban J connectivity index is 2.06. The monoisotopic (exact) mass is 313 g/mol. The molecule has 0 aliphatic heterocycles. The lowest BCUT2D eigenvalue weighted by molar-refractivity contribution is 0.575. The Morgan fingerprint density at radius 3 is 2.47 bits per heavy atom. The van der Waals surface area contributed by atoms with Crippen LogP contribution in [0.15, 0.2) is 42.5 Å². The van der Waals surface area contributed by atoms with Crippen molar-refractivity contribution in [1.82, 2.24) is 5.32 Å². The molecule has 1 atom stereocenters. The van der Waals surface area contributed by atoms with E-state index in [1.165, 1.54) is 0 Å². The second kappa shape index (κ2) is 6.62. The van der Waals surface area contributed by atoms with Crippen LogP contribution >= 0.6 is 34.8 Å². The third kappa shape index (κ3) is 3.87. The van der Waals surface area contributed by atoms with Crippen molar-refractivity contribution in [3.8, 4) is 0 Å². The molecular weight excluding hydrogens is 301 g/mol. The summed E-state index contributed by atoms with van der Waals surface area (Å²) in [5.74, 6) is 0. The Labute approximate surface area is 128 Å². The first kappa shape index (κ1) is 14.7. The quantitative estimate of drug-likeness (QED) is 0.786. The maximum absolute atomic E-state index is 6.17. The normalized spacial score (nSPS) is 12.4. The van der Waals surface area contributed by atoms with E-state index in [0.717, 1.165) is 16.1 Å². The molecule has 0 fully saturated rings. The summed E-state index contributed by atoms with van der Waals surface area (Å²) in [7, 11) is 0. The molecule has 2 aromatic rings. The molecule has 19 heavy (non-hydrogen) atoms. The molecule has 0 amide bonds. The van der Waals surface area contributed by atoms with Gasteiger partial charge >= 0.3 is 0 Å². The summed E-state index contributed by atoms with van der Waals surface area (Å²) < 4.78 is 0. The average molecular weight is 315 g/mol. The van der Waals surface area contributed by atoms with Crippen molar-refractivity contribution in [2.75, 3.05) is 0 Å². The third-order valence-corrected chi connectivity index (χ3v) is 3.93. The molecule has 0 heterocycles. The van der Waals surface area contributed by atoms with Gasteiger partial charge in [-0.25, -0.2) is 0 Å². The zero-order valence-electron chi connectivity index (χ0n) is 10.5. The van der Waals surface area contributed by atoms with Crippen molar-refractivity contribution in [1.29, 1.82) is 0 Å². The molecule has 2 aromatic carbocycles. The SMILES string of the molecule is CC(NCc1cc(Cl)ccc1Cl)c1ccccc1Cl. The van der Waals surface area contributed by atoms with Crippen LogP contribution in [0.1, 0.15) is 24.1 Å². The summed E-state index contributed by atoms with van der Waals surface area (Å²) in [6.45, 7) is 2.71. The molecule has 2 rings (SSSR count). The number of rotatable bonds is 4. The van der Waals surface area contributed by atoms with Gasteiger partial charge in [0.1, 0.15) is 0 Å². The van der Waals surface area contributed by atoms with Gasteiger partial charge < -0.3 is 5.32 Å². The lowest BCUT2D eigenvalue weighted by atomic mass is 10.1. The second-order valence-corrected chi connectivity index (χ2v) is 5.61. The van der Waals surface area contributed by atoms with Gasteiger partial charge in [0, 0.05) is 27.7 Å². The molecule has 0 radical (unpaired) electrons. The van der Waals surface area contributed by atoms with Crippen LogP contribution in [0.25, 0.3) is 0 Å². The van der Waals surface area contributed by atoms with E-state index in [2.05, 4.69) is 12.2 Å². The highest BCUT2D eigenvalue weighted by molar-refractivity contribution is 6.33. The molecule has 0 aliphatic rings. The van der Waals surface area contributed by atoms with Crippen LogP contribution in [-0.2, 0) is 6.54 Å². The van der Waals surface area contributed by atoms with Crippen LogP contribution in [0.2, 0.25) is 15.1 Å². The Hall–Kier alpha value is -0.730. The second-order valence-electron chi connectivity index (χ2n) is 4.36. The molecule has 0 saturated carbocycles. The molecule has 0 aliphatic carbocycles. The van der Waals surface area contributed by atoms with E-state index in [1.54, 1.807) is 12.1 Å². The van der Waals surface area contributed by atoms with Crippen molar-refractivity contribution >= 4 is 34.8 Å². The summed E-state index contributed by atoms with van der Waals surface area (Å²) >= 11 is 18.3. The van der Waals surface area contributed by atoms with Crippen LogP contribution in [0, 0.1) is 0 Å². The topological polar surface area (TPSA) is 12.0 Å². The standard InChI is InChI=1S/C15H14Cl3N/c1-10(13-4-2-3-5-15(13)18)19-9-11-8-12(16)6-7-14(11)17/h2-8,10,19H,9H2,1H3. The summed E-state index contributed by atoms with van der Waals surface area (Å²) in [5.41, 5.74) is 2.05. The number of nitrogens with one attached hydrogen (secondary N) is 1. The van der Waals surface area contributed by atoms with E-state index in [4.69, 9.17) is 34.8 Å². The fraction of sp³-hybridized carbons (Fsp3) is 0.200. The molecular formula is C15H14Cl3N. The van der Waals surface area contributed by atoms with Crippen LogP contribution in [0.5, 0.6) is 0 Å². The van der Waals surface area contributed by atoms with Gasteiger partial charge in [0.15, 0.2) is 0 Å². The van der Waals surface area contributed by atoms with E-state index in [0.29, 0.717) is 16.6 Å². The van der Waals surface area contributed by atoms with E-state index < -0.39 is 0 Å². The highest BCUT2D eigenvalue weighted by Crippen LogP contribution is 2.24. The molecule has 1 N–H and O–H groups in total. The van der Waals surface area contributed by atoms with Gasteiger partial charge in [-0.05, 0) is 42.3 Å². The summed E-state index contributed by atoms with van der Waals surface area (Å²) in [5, 5.41) is 5.56. The van der Waals surface area contributed by atoms with Crippen LogP contribution < -0.4 is 5.32 Å². The maximum atomic E-state index is 6.17. The van der Waals surface area contributed by atoms with Crippen molar-refractivity contribution < 1.29 is 0 Å². The van der Waals surface area contributed by atoms with Crippen molar-refractivity contribution in [2.45, 2.75) is 19.5 Å². The first-order chi connectivity index (χ1) is 9.08. The minimum Gasteiger partial charge on any atom is -0.306 e. The maximum Gasteiger partial charge on any atom is 0.0453 e. The largest absolute Gasteiger partial charge is 0.306 e. The average Bonchev–Trinajstić information content (AvgIpc) is 2.40. The van der Waals surface area contributed by atoms with E-state index >= 15 is 0 Å². The smallest absolute Gasteiger partial charge is 0.0453 e. The lowest BCUT2D eigenvalue weighted by Crippen LogP contribution is -2.18. The van der Waals surface area contributed by atoms with Gasteiger partial charge in [0.25, 0.3) is 0 Å². The summed E-state index contributed by atoms with van der Waals surface area (Å²) in [6.07, 6.45) is 0. The summed E-state index contributed by atoms with van der Waals surface area (Å²) in [6, 6.07) is 13.4. The number of benzene rings is 2. The van der Waals surface area contributed by atoms with Gasteiger partial charge in [-0.2, -0.15) is 0 Å². The van der Waals surface area contributed by atoms with Gasteiger partial charge in [-0.3, -0.25) is 0 Å². The lowest BCUT2D eigenvalue weighted by Gasteiger charge is -2.16. The van der Waals surface area contributed by atoms with Crippen LogP contribution in [0.4, 0.5) is 0 Å². The zero-order valence-corrected chi connectivity index (χ0v) is 12.7.